The van der Waals surface area contributed by atoms with E-state index in [0.29, 0.717) is 17.5 Å². The van der Waals surface area contributed by atoms with Gasteiger partial charge in [0.1, 0.15) is 16.9 Å². The number of rotatable bonds is 3. The normalized spacial score (nSPS) is 11.2. The molecular formula is C16H12N2O3. The standard InChI is InChI=1S/C16H12N2O3/c19-15-12-6-1-2-7-14(12)21-16(20)13(15)10-17-9-11-5-3-4-8-18-11/h1-8,10,19H,9H2. The van der Waals surface area contributed by atoms with Gasteiger partial charge in [0.15, 0.2) is 0 Å². The van der Waals surface area contributed by atoms with Gasteiger partial charge in [-0.3, -0.25) is 9.98 Å². The van der Waals surface area contributed by atoms with Crippen LogP contribution in [0.4, 0.5) is 0 Å². The van der Waals surface area contributed by atoms with Gasteiger partial charge in [-0.15, -0.1) is 0 Å². The Morgan fingerprint density at radius 3 is 2.81 bits per heavy atom. The molecule has 2 aromatic heterocycles. The molecule has 1 aromatic carbocycles. The van der Waals surface area contributed by atoms with Gasteiger partial charge in [0.2, 0.25) is 0 Å². The van der Waals surface area contributed by atoms with Crippen LogP contribution >= 0.6 is 0 Å². The van der Waals surface area contributed by atoms with Crippen LogP contribution in [0.2, 0.25) is 0 Å². The average molecular weight is 280 g/mol. The lowest BCUT2D eigenvalue weighted by molar-refractivity contribution is 0.466. The highest BCUT2D eigenvalue weighted by Gasteiger charge is 2.11. The highest BCUT2D eigenvalue weighted by molar-refractivity contribution is 5.93. The smallest absolute Gasteiger partial charge is 0.348 e. The topological polar surface area (TPSA) is 75.7 Å². The summed E-state index contributed by atoms with van der Waals surface area (Å²) in [7, 11) is 0. The number of hydrogen-bond acceptors (Lipinski definition) is 5. The predicted molar refractivity (Wildman–Crippen MR) is 79.7 cm³/mol. The first-order chi connectivity index (χ1) is 10.3. The lowest BCUT2D eigenvalue weighted by Gasteiger charge is -2.02. The van der Waals surface area contributed by atoms with Crippen molar-refractivity contribution in [2.75, 3.05) is 0 Å². The zero-order chi connectivity index (χ0) is 14.7. The molecule has 0 aliphatic rings. The zero-order valence-corrected chi connectivity index (χ0v) is 11.1. The summed E-state index contributed by atoms with van der Waals surface area (Å²) in [5, 5.41) is 10.6. The molecule has 3 aromatic rings. The zero-order valence-electron chi connectivity index (χ0n) is 11.1. The highest BCUT2D eigenvalue weighted by Crippen LogP contribution is 2.24. The molecule has 0 fully saturated rings. The van der Waals surface area contributed by atoms with Crippen molar-refractivity contribution in [2.24, 2.45) is 4.99 Å². The number of benzene rings is 1. The molecule has 0 saturated carbocycles. The highest BCUT2D eigenvalue weighted by atomic mass is 16.4. The number of aromatic nitrogens is 1. The second-order valence-electron chi connectivity index (χ2n) is 4.44. The third-order valence-electron chi connectivity index (χ3n) is 3.02. The first-order valence-corrected chi connectivity index (χ1v) is 6.40. The monoisotopic (exact) mass is 280 g/mol. The Kier molecular flexibility index (Phi) is 3.47. The van der Waals surface area contributed by atoms with Gasteiger partial charge in [0.25, 0.3) is 0 Å². The maximum absolute atomic E-state index is 11.9. The number of aliphatic imine (C=N–C) groups is 1. The Balaban J connectivity index is 1.95. The molecule has 0 bridgehead atoms. The molecule has 0 aliphatic carbocycles. The van der Waals surface area contributed by atoms with Crippen LogP contribution in [0.5, 0.6) is 5.75 Å². The minimum absolute atomic E-state index is 0.0460. The second-order valence-corrected chi connectivity index (χ2v) is 4.44. The Bertz CT molecular complexity index is 854. The van der Waals surface area contributed by atoms with Crippen LogP contribution < -0.4 is 5.63 Å². The van der Waals surface area contributed by atoms with Crippen molar-refractivity contribution in [2.45, 2.75) is 6.54 Å². The first kappa shape index (κ1) is 13.1. The molecule has 5 nitrogen and oxygen atoms in total. The van der Waals surface area contributed by atoms with E-state index in [4.69, 9.17) is 4.42 Å². The van der Waals surface area contributed by atoms with Gasteiger partial charge in [0, 0.05) is 12.4 Å². The molecule has 0 saturated heterocycles. The van der Waals surface area contributed by atoms with E-state index in [9.17, 15) is 9.90 Å². The lowest BCUT2D eigenvalue weighted by atomic mass is 10.1. The van der Waals surface area contributed by atoms with Crippen molar-refractivity contribution in [3.63, 3.8) is 0 Å². The molecule has 1 N–H and O–H groups in total. The predicted octanol–water partition coefficient (Wildman–Crippen LogP) is 2.51. The number of pyridine rings is 1. The van der Waals surface area contributed by atoms with Gasteiger partial charge in [-0.1, -0.05) is 18.2 Å². The summed E-state index contributed by atoms with van der Waals surface area (Å²) in [4.78, 5) is 20.1. The summed E-state index contributed by atoms with van der Waals surface area (Å²) in [6, 6.07) is 12.3. The minimum atomic E-state index is -0.615. The van der Waals surface area contributed by atoms with E-state index in [1.807, 2.05) is 18.2 Å². The number of nitrogens with zero attached hydrogens (tertiary/aromatic N) is 2. The van der Waals surface area contributed by atoms with Gasteiger partial charge >= 0.3 is 5.63 Å². The Labute approximate surface area is 120 Å². The summed E-state index contributed by atoms with van der Waals surface area (Å²) in [5.41, 5.74) is 0.556. The molecule has 2 heterocycles. The lowest BCUT2D eigenvalue weighted by Crippen LogP contribution is -2.07. The van der Waals surface area contributed by atoms with Crippen LogP contribution in [0.3, 0.4) is 0 Å². The van der Waals surface area contributed by atoms with Crippen LogP contribution in [0.25, 0.3) is 11.0 Å². The van der Waals surface area contributed by atoms with E-state index in [-0.39, 0.29) is 11.3 Å². The maximum Gasteiger partial charge on any atom is 0.348 e. The first-order valence-electron chi connectivity index (χ1n) is 6.40. The fourth-order valence-corrected chi connectivity index (χ4v) is 1.98. The number of para-hydroxylation sites is 1. The van der Waals surface area contributed by atoms with E-state index < -0.39 is 5.63 Å². The quantitative estimate of drug-likeness (QED) is 0.591. The summed E-state index contributed by atoms with van der Waals surface area (Å²) >= 11 is 0. The third kappa shape index (κ3) is 2.67. The molecule has 104 valence electrons. The summed E-state index contributed by atoms with van der Waals surface area (Å²) in [6.45, 7) is 0.326. The molecule has 3 rings (SSSR count). The molecular weight excluding hydrogens is 268 g/mol. The Morgan fingerprint density at radius 1 is 1.19 bits per heavy atom. The van der Waals surface area contributed by atoms with Gasteiger partial charge in [0.05, 0.1) is 17.6 Å². The van der Waals surface area contributed by atoms with Crippen LogP contribution in [0.15, 0.2) is 62.9 Å². The molecule has 5 heteroatoms. The van der Waals surface area contributed by atoms with Gasteiger partial charge in [-0.25, -0.2) is 4.79 Å². The molecule has 21 heavy (non-hydrogen) atoms. The largest absolute Gasteiger partial charge is 0.506 e. The van der Waals surface area contributed by atoms with Crippen molar-refractivity contribution in [1.29, 1.82) is 0 Å². The van der Waals surface area contributed by atoms with Crippen LogP contribution in [0, 0.1) is 0 Å². The van der Waals surface area contributed by atoms with Crippen LogP contribution in [-0.4, -0.2) is 16.3 Å². The number of fused-ring (bicyclic) bond motifs is 1. The van der Waals surface area contributed by atoms with E-state index in [1.54, 1.807) is 30.5 Å². The number of aromatic hydroxyl groups is 1. The van der Waals surface area contributed by atoms with Crippen LogP contribution in [0.1, 0.15) is 11.3 Å². The van der Waals surface area contributed by atoms with Gasteiger partial charge < -0.3 is 9.52 Å². The summed E-state index contributed by atoms with van der Waals surface area (Å²) in [6.07, 6.45) is 3.00. The third-order valence-corrected chi connectivity index (χ3v) is 3.02. The Hall–Kier alpha value is -2.95. The second kappa shape index (κ2) is 5.58. The molecule has 0 radical (unpaired) electrons. The summed E-state index contributed by atoms with van der Waals surface area (Å²) in [5.74, 6) is -0.119. The van der Waals surface area contributed by atoms with E-state index >= 15 is 0 Å². The minimum Gasteiger partial charge on any atom is -0.506 e. The fraction of sp³-hybridized carbons (Fsp3) is 0.0625. The van der Waals surface area contributed by atoms with Crippen molar-refractivity contribution in [3.05, 3.63) is 70.3 Å². The number of hydrogen-bond donors (Lipinski definition) is 1. The fourth-order valence-electron chi connectivity index (χ4n) is 1.98. The average Bonchev–Trinajstić information content (AvgIpc) is 2.51. The van der Waals surface area contributed by atoms with Crippen molar-refractivity contribution in [1.82, 2.24) is 4.98 Å². The van der Waals surface area contributed by atoms with Crippen LogP contribution in [-0.2, 0) is 6.54 Å². The molecule has 0 spiro atoms. The maximum atomic E-state index is 11.9. The Morgan fingerprint density at radius 2 is 2.00 bits per heavy atom. The van der Waals surface area contributed by atoms with Gasteiger partial charge in [-0.05, 0) is 24.3 Å². The van der Waals surface area contributed by atoms with E-state index in [2.05, 4.69) is 9.98 Å². The van der Waals surface area contributed by atoms with Crippen molar-refractivity contribution < 1.29 is 9.52 Å². The molecule has 0 aliphatic heterocycles. The van der Waals surface area contributed by atoms with Crippen molar-refractivity contribution >= 4 is 17.2 Å². The van der Waals surface area contributed by atoms with Crippen molar-refractivity contribution in [3.8, 4) is 5.75 Å². The van der Waals surface area contributed by atoms with Gasteiger partial charge in [-0.2, -0.15) is 0 Å². The van der Waals surface area contributed by atoms with E-state index in [0.717, 1.165) is 5.69 Å². The molecule has 0 unspecified atom stereocenters. The summed E-state index contributed by atoms with van der Waals surface area (Å²) < 4.78 is 5.15. The molecule has 0 amide bonds. The SMILES string of the molecule is O=c1oc2ccccc2c(O)c1C=NCc1ccccn1. The van der Waals surface area contributed by atoms with E-state index in [1.165, 1.54) is 6.21 Å². The molecule has 0 atom stereocenters.